The van der Waals surface area contributed by atoms with Crippen molar-refractivity contribution in [1.82, 2.24) is 0 Å². The third-order valence-electron chi connectivity index (χ3n) is 2.11. The van der Waals surface area contributed by atoms with E-state index >= 15 is 0 Å². The summed E-state index contributed by atoms with van der Waals surface area (Å²) in [6.07, 6.45) is 0. The molecular weight excluding hydrogens is 192 g/mol. The lowest BCUT2D eigenvalue weighted by Gasteiger charge is -2.15. The Labute approximate surface area is 90.2 Å². The molecule has 0 spiro atoms. The molecule has 0 bridgehead atoms. The van der Waals surface area contributed by atoms with E-state index in [9.17, 15) is 4.79 Å². The number of Topliss-reactive ketones (excluding diaryl/α,β-unsaturated/α-hetero) is 1. The zero-order valence-electron chi connectivity index (χ0n) is 9.55. The highest BCUT2D eigenvalue weighted by Crippen LogP contribution is 2.30. The van der Waals surface area contributed by atoms with E-state index in [0.717, 1.165) is 4.88 Å². The first-order valence-corrected chi connectivity index (χ1v) is 5.78. The SMILES string of the molecule is CC(C)C(=O)c1ccc(C(C)(C)C)s1. The molecule has 0 aliphatic rings. The Morgan fingerprint density at radius 2 is 1.86 bits per heavy atom. The predicted octanol–water partition coefficient (Wildman–Crippen LogP) is 3.88. The summed E-state index contributed by atoms with van der Waals surface area (Å²) in [5, 5.41) is 0. The molecular formula is C12H18OS. The number of hydrogen-bond acceptors (Lipinski definition) is 2. The number of ketones is 1. The molecule has 78 valence electrons. The fraction of sp³-hybridized carbons (Fsp3) is 0.583. The zero-order valence-corrected chi connectivity index (χ0v) is 10.4. The van der Waals surface area contributed by atoms with E-state index < -0.39 is 0 Å². The Morgan fingerprint density at radius 1 is 1.29 bits per heavy atom. The van der Waals surface area contributed by atoms with E-state index in [0.29, 0.717) is 0 Å². The predicted molar refractivity (Wildman–Crippen MR) is 62.2 cm³/mol. The van der Waals surface area contributed by atoms with Gasteiger partial charge in [0.05, 0.1) is 4.88 Å². The molecule has 0 saturated carbocycles. The van der Waals surface area contributed by atoms with Crippen LogP contribution in [0.3, 0.4) is 0 Å². The van der Waals surface area contributed by atoms with Crippen LogP contribution in [0.15, 0.2) is 12.1 Å². The number of thiophene rings is 1. The van der Waals surface area contributed by atoms with Crippen molar-refractivity contribution in [1.29, 1.82) is 0 Å². The summed E-state index contributed by atoms with van der Waals surface area (Å²) in [7, 11) is 0. The smallest absolute Gasteiger partial charge is 0.175 e. The molecule has 0 aliphatic carbocycles. The number of rotatable bonds is 2. The molecule has 1 rings (SSSR count). The molecule has 1 aromatic heterocycles. The van der Waals surface area contributed by atoms with Gasteiger partial charge in [-0.1, -0.05) is 34.6 Å². The van der Waals surface area contributed by atoms with E-state index in [4.69, 9.17) is 0 Å². The van der Waals surface area contributed by atoms with Gasteiger partial charge in [-0.05, 0) is 17.5 Å². The van der Waals surface area contributed by atoms with E-state index in [1.165, 1.54) is 4.88 Å². The lowest BCUT2D eigenvalue weighted by Crippen LogP contribution is -2.08. The summed E-state index contributed by atoms with van der Waals surface area (Å²) in [6, 6.07) is 4.02. The monoisotopic (exact) mass is 210 g/mol. The van der Waals surface area contributed by atoms with Crippen molar-refractivity contribution in [2.24, 2.45) is 5.92 Å². The highest BCUT2D eigenvalue weighted by atomic mass is 32.1. The Morgan fingerprint density at radius 3 is 2.21 bits per heavy atom. The van der Waals surface area contributed by atoms with Crippen molar-refractivity contribution in [2.45, 2.75) is 40.0 Å². The highest BCUT2D eigenvalue weighted by Gasteiger charge is 2.19. The lowest BCUT2D eigenvalue weighted by atomic mass is 9.95. The molecule has 0 saturated heterocycles. The third kappa shape index (κ3) is 2.44. The van der Waals surface area contributed by atoms with Crippen LogP contribution < -0.4 is 0 Å². The second-order valence-corrected chi connectivity index (χ2v) is 6.02. The minimum atomic E-state index is 0.0986. The second kappa shape index (κ2) is 3.85. The molecule has 0 aliphatic heterocycles. The first kappa shape index (κ1) is 11.4. The molecule has 2 heteroatoms. The van der Waals surface area contributed by atoms with Crippen LogP contribution >= 0.6 is 11.3 Å². The molecule has 0 atom stereocenters. The molecule has 1 nitrogen and oxygen atoms in total. The van der Waals surface area contributed by atoms with Crippen LogP contribution in [0.2, 0.25) is 0 Å². The summed E-state index contributed by atoms with van der Waals surface area (Å²) in [5.41, 5.74) is 0.153. The van der Waals surface area contributed by atoms with Crippen molar-refractivity contribution in [2.75, 3.05) is 0 Å². The van der Waals surface area contributed by atoms with Gasteiger partial charge in [0.15, 0.2) is 5.78 Å². The largest absolute Gasteiger partial charge is 0.293 e. The van der Waals surface area contributed by atoms with Gasteiger partial charge in [-0.25, -0.2) is 0 Å². The highest BCUT2D eigenvalue weighted by molar-refractivity contribution is 7.14. The average Bonchev–Trinajstić information content (AvgIpc) is 2.49. The van der Waals surface area contributed by atoms with Gasteiger partial charge in [0.1, 0.15) is 0 Å². The maximum atomic E-state index is 11.7. The van der Waals surface area contributed by atoms with Crippen LogP contribution in [0.1, 0.15) is 49.2 Å². The molecule has 0 amide bonds. The first-order chi connectivity index (χ1) is 6.32. The molecule has 0 fully saturated rings. The van der Waals surface area contributed by atoms with Crippen LogP contribution in [0.25, 0.3) is 0 Å². The quantitative estimate of drug-likeness (QED) is 0.677. The first-order valence-electron chi connectivity index (χ1n) is 4.97. The van der Waals surface area contributed by atoms with E-state index in [1.807, 2.05) is 19.9 Å². The lowest BCUT2D eigenvalue weighted by molar-refractivity contribution is 0.0943. The summed E-state index contributed by atoms with van der Waals surface area (Å²) >= 11 is 1.63. The second-order valence-electron chi connectivity index (χ2n) is 4.93. The summed E-state index contributed by atoms with van der Waals surface area (Å²) in [5.74, 6) is 0.354. The maximum Gasteiger partial charge on any atom is 0.175 e. The number of hydrogen-bond donors (Lipinski definition) is 0. The summed E-state index contributed by atoms with van der Waals surface area (Å²) in [6.45, 7) is 10.4. The van der Waals surface area contributed by atoms with Gasteiger partial charge in [-0.2, -0.15) is 0 Å². The number of carbonyl (C=O) groups excluding carboxylic acids is 1. The van der Waals surface area contributed by atoms with Crippen molar-refractivity contribution in [3.05, 3.63) is 21.9 Å². The average molecular weight is 210 g/mol. The third-order valence-corrected chi connectivity index (χ3v) is 3.64. The van der Waals surface area contributed by atoms with Gasteiger partial charge < -0.3 is 0 Å². The van der Waals surface area contributed by atoms with E-state index in [-0.39, 0.29) is 17.1 Å². The maximum absolute atomic E-state index is 11.7. The summed E-state index contributed by atoms with van der Waals surface area (Å²) < 4.78 is 0. The van der Waals surface area contributed by atoms with Gasteiger partial charge in [0.2, 0.25) is 0 Å². The normalized spacial score (nSPS) is 12.1. The fourth-order valence-corrected chi connectivity index (χ4v) is 2.31. The van der Waals surface area contributed by atoms with Crippen molar-refractivity contribution in [3.8, 4) is 0 Å². The molecule has 0 radical (unpaired) electrons. The van der Waals surface area contributed by atoms with Gasteiger partial charge in [0, 0.05) is 10.8 Å². The zero-order chi connectivity index (χ0) is 10.9. The topological polar surface area (TPSA) is 17.1 Å². The van der Waals surface area contributed by atoms with E-state index in [1.54, 1.807) is 11.3 Å². The molecule has 0 unspecified atom stereocenters. The van der Waals surface area contributed by atoms with Crippen LogP contribution in [0, 0.1) is 5.92 Å². The van der Waals surface area contributed by atoms with E-state index in [2.05, 4.69) is 26.8 Å². The Bertz CT molecular complexity index is 328. The Kier molecular flexibility index (Phi) is 3.15. The van der Waals surface area contributed by atoms with Crippen LogP contribution in [-0.2, 0) is 5.41 Å². The number of carbonyl (C=O) groups is 1. The Hall–Kier alpha value is -0.630. The molecule has 14 heavy (non-hydrogen) atoms. The van der Waals surface area contributed by atoms with Gasteiger partial charge in [0.25, 0.3) is 0 Å². The van der Waals surface area contributed by atoms with Crippen LogP contribution in [0.4, 0.5) is 0 Å². The fourth-order valence-electron chi connectivity index (χ4n) is 1.16. The summed E-state index contributed by atoms with van der Waals surface area (Å²) in [4.78, 5) is 13.9. The molecule has 1 aromatic rings. The molecule has 1 heterocycles. The minimum absolute atomic E-state index is 0.0986. The van der Waals surface area contributed by atoms with Gasteiger partial charge in [-0.3, -0.25) is 4.79 Å². The van der Waals surface area contributed by atoms with Gasteiger partial charge in [-0.15, -0.1) is 11.3 Å². The van der Waals surface area contributed by atoms with Crippen molar-refractivity contribution >= 4 is 17.1 Å². The molecule has 0 aromatic carbocycles. The standard InChI is InChI=1S/C12H18OS/c1-8(2)11(13)9-6-7-10(14-9)12(3,4)5/h6-8H,1-5H3. The molecule has 0 N–H and O–H groups in total. The van der Waals surface area contributed by atoms with Crippen LogP contribution in [-0.4, -0.2) is 5.78 Å². The minimum Gasteiger partial charge on any atom is -0.293 e. The Balaban J connectivity index is 2.95. The van der Waals surface area contributed by atoms with Crippen molar-refractivity contribution < 1.29 is 4.79 Å². The van der Waals surface area contributed by atoms with Crippen molar-refractivity contribution in [3.63, 3.8) is 0 Å². The van der Waals surface area contributed by atoms with Crippen LogP contribution in [0.5, 0.6) is 0 Å². The van der Waals surface area contributed by atoms with Gasteiger partial charge >= 0.3 is 0 Å².